The molecule has 0 spiro atoms. The standard InChI is InChI=1S/C20H20Cl3N3O2/c1-2-24-20(27)26(11-13-4-3-5-15(21)8-13)12-16-10-19(25-28-16)14-6-7-17(22)18(23)9-14/h3-9,16H,2,10-12H2,1H3,(H,24,27)/t16-/m1/s1. The third-order valence-corrected chi connectivity index (χ3v) is 5.26. The van der Waals surface area contributed by atoms with Crippen LogP contribution in [0.3, 0.4) is 0 Å². The van der Waals surface area contributed by atoms with Gasteiger partial charge in [-0.05, 0) is 36.8 Å². The number of rotatable bonds is 6. The Morgan fingerprint density at radius 3 is 2.75 bits per heavy atom. The minimum atomic E-state index is -0.244. The van der Waals surface area contributed by atoms with Crippen molar-refractivity contribution in [3.63, 3.8) is 0 Å². The Bertz CT molecular complexity index is 889. The van der Waals surface area contributed by atoms with Gasteiger partial charge >= 0.3 is 6.03 Å². The predicted octanol–water partition coefficient (Wildman–Crippen LogP) is 5.37. The minimum Gasteiger partial charge on any atom is -0.390 e. The van der Waals surface area contributed by atoms with Crippen LogP contribution in [0.25, 0.3) is 0 Å². The van der Waals surface area contributed by atoms with Gasteiger partial charge in [-0.15, -0.1) is 0 Å². The van der Waals surface area contributed by atoms with E-state index in [1.165, 1.54) is 0 Å². The summed E-state index contributed by atoms with van der Waals surface area (Å²) < 4.78 is 0. The van der Waals surface area contributed by atoms with Gasteiger partial charge in [0.1, 0.15) is 0 Å². The lowest BCUT2D eigenvalue weighted by Crippen LogP contribution is -2.43. The van der Waals surface area contributed by atoms with E-state index in [9.17, 15) is 4.79 Å². The van der Waals surface area contributed by atoms with Crippen LogP contribution in [0.1, 0.15) is 24.5 Å². The van der Waals surface area contributed by atoms with E-state index in [1.54, 1.807) is 23.1 Å². The molecule has 28 heavy (non-hydrogen) atoms. The van der Waals surface area contributed by atoms with E-state index in [0.29, 0.717) is 41.1 Å². The van der Waals surface area contributed by atoms with Crippen LogP contribution in [0.5, 0.6) is 0 Å². The number of urea groups is 1. The maximum absolute atomic E-state index is 12.5. The lowest BCUT2D eigenvalue weighted by molar-refractivity contribution is 0.0590. The molecule has 0 saturated carbocycles. The number of carbonyl (C=O) groups excluding carboxylic acids is 1. The van der Waals surface area contributed by atoms with Crippen LogP contribution in [0, 0.1) is 0 Å². The second-order valence-electron chi connectivity index (χ2n) is 6.44. The summed E-state index contributed by atoms with van der Waals surface area (Å²) in [5.74, 6) is 0. The molecule has 8 heteroatoms. The predicted molar refractivity (Wildman–Crippen MR) is 113 cm³/mol. The molecule has 2 aromatic rings. The molecule has 1 aliphatic heterocycles. The molecule has 0 aliphatic carbocycles. The molecule has 1 atom stereocenters. The number of oxime groups is 1. The van der Waals surface area contributed by atoms with Crippen LogP contribution >= 0.6 is 34.8 Å². The van der Waals surface area contributed by atoms with Gasteiger partial charge in [-0.3, -0.25) is 0 Å². The molecule has 148 valence electrons. The monoisotopic (exact) mass is 439 g/mol. The first-order valence-corrected chi connectivity index (χ1v) is 10.0. The van der Waals surface area contributed by atoms with Gasteiger partial charge in [-0.1, -0.05) is 58.2 Å². The van der Waals surface area contributed by atoms with Crippen molar-refractivity contribution in [2.24, 2.45) is 5.16 Å². The van der Waals surface area contributed by atoms with E-state index in [-0.39, 0.29) is 12.1 Å². The van der Waals surface area contributed by atoms with Gasteiger partial charge in [0.2, 0.25) is 0 Å². The lowest BCUT2D eigenvalue weighted by atomic mass is 10.0. The first-order chi connectivity index (χ1) is 13.5. The Kier molecular flexibility index (Phi) is 7.05. The first kappa shape index (κ1) is 20.8. The summed E-state index contributed by atoms with van der Waals surface area (Å²) in [6.07, 6.45) is 0.329. The molecule has 1 aliphatic rings. The molecule has 5 nitrogen and oxygen atoms in total. The Labute approximate surface area is 179 Å². The number of hydrogen-bond acceptors (Lipinski definition) is 3. The number of hydrogen-bond donors (Lipinski definition) is 1. The number of nitrogens with zero attached hydrogens (tertiary/aromatic N) is 2. The summed E-state index contributed by atoms with van der Waals surface area (Å²) in [7, 11) is 0. The number of benzene rings is 2. The Morgan fingerprint density at radius 1 is 1.21 bits per heavy atom. The Hall–Kier alpha value is -1.95. The fourth-order valence-electron chi connectivity index (χ4n) is 2.96. The zero-order valence-corrected chi connectivity index (χ0v) is 17.6. The smallest absolute Gasteiger partial charge is 0.317 e. The van der Waals surface area contributed by atoms with Crippen molar-refractivity contribution in [3.05, 3.63) is 68.7 Å². The van der Waals surface area contributed by atoms with Crippen molar-refractivity contribution < 1.29 is 9.63 Å². The van der Waals surface area contributed by atoms with Crippen molar-refractivity contribution in [3.8, 4) is 0 Å². The molecule has 3 rings (SSSR count). The average molecular weight is 441 g/mol. The van der Waals surface area contributed by atoms with Crippen molar-refractivity contribution >= 4 is 46.5 Å². The highest BCUT2D eigenvalue weighted by Crippen LogP contribution is 2.26. The maximum Gasteiger partial charge on any atom is 0.317 e. The highest BCUT2D eigenvalue weighted by molar-refractivity contribution is 6.42. The number of carbonyl (C=O) groups is 1. The third kappa shape index (κ3) is 5.31. The fraction of sp³-hybridized carbons (Fsp3) is 0.300. The zero-order valence-electron chi connectivity index (χ0n) is 15.3. The van der Waals surface area contributed by atoms with E-state index >= 15 is 0 Å². The molecule has 0 aromatic heterocycles. The molecular formula is C20H20Cl3N3O2. The molecule has 1 N–H and O–H groups in total. The summed E-state index contributed by atoms with van der Waals surface area (Å²) in [4.78, 5) is 19.8. The van der Waals surface area contributed by atoms with E-state index in [1.807, 2.05) is 31.2 Å². The summed E-state index contributed by atoms with van der Waals surface area (Å²) in [6, 6.07) is 12.6. The van der Waals surface area contributed by atoms with Crippen LogP contribution < -0.4 is 5.32 Å². The summed E-state index contributed by atoms with van der Waals surface area (Å²) in [5.41, 5.74) is 2.58. The highest BCUT2D eigenvalue weighted by atomic mass is 35.5. The van der Waals surface area contributed by atoms with E-state index in [4.69, 9.17) is 39.6 Å². The van der Waals surface area contributed by atoms with E-state index in [2.05, 4.69) is 10.5 Å². The average Bonchev–Trinajstić information content (AvgIpc) is 3.12. The van der Waals surface area contributed by atoms with Crippen LogP contribution in [0.4, 0.5) is 4.79 Å². The quantitative estimate of drug-likeness (QED) is 0.656. The van der Waals surface area contributed by atoms with E-state index < -0.39 is 0 Å². The summed E-state index contributed by atoms with van der Waals surface area (Å²) in [5, 5.41) is 8.61. The van der Waals surface area contributed by atoms with Crippen molar-refractivity contribution in [1.82, 2.24) is 10.2 Å². The SMILES string of the molecule is CCNC(=O)N(Cc1cccc(Cl)c1)C[C@H]1CC(c2ccc(Cl)c(Cl)c2)=NO1. The fourth-order valence-corrected chi connectivity index (χ4v) is 3.47. The van der Waals surface area contributed by atoms with Gasteiger partial charge in [-0.2, -0.15) is 0 Å². The lowest BCUT2D eigenvalue weighted by Gasteiger charge is -2.25. The first-order valence-electron chi connectivity index (χ1n) is 8.91. The molecule has 0 unspecified atom stereocenters. The molecule has 2 aromatic carbocycles. The number of amides is 2. The highest BCUT2D eigenvalue weighted by Gasteiger charge is 2.27. The molecule has 0 fully saturated rings. The van der Waals surface area contributed by atoms with Gasteiger partial charge in [0.25, 0.3) is 0 Å². The van der Waals surface area contributed by atoms with Crippen LogP contribution in [-0.4, -0.2) is 35.8 Å². The topological polar surface area (TPSA) is 53.9 Å². The van der Waals surface area contributed by atoms with Gasteiger partial charge in [0, 0.05) is 30.1 Å². The molecule has 1 heterocycles. The molecular weight excluding hydrogens is 421 g/mol. The van der Waals surface area contributed by atoms with Gasteiger partial charge in [-0.25, -0.2) is 4.79 Å². The second-order valence-corrected chi connectivity index (χ2v) is 7.70. The number of nitrogens with one attached hydrogen (secondary N) is 1. The van der Waals surface area contributed by atoms with Crippen LogP contribution in [-0.2, 0) is 11.4 Å². The van der Waals surface area contributed by atoms with Crippen LogP contribution in [0.2, 0.25) is 15.1 Å². The summed E-state index contributed by atoms with van der Waals surface area (Å²) >= 11 is 18.1. The molecule has 0 bridgehead atoms. The van der Waals surface area contributed by atoms with Gasteiger partial charge < -0.3 is 15.1 Å². The van der Waals surface area contributed by atoms with Gasteiger partial charge in [0.05, 0.1) is 22.3 Å². The summed E-state index contributed by atoms with van der Waals surface area (Å²) in [6.45, 7) is 3.25. The third-order valence-electron chi connectivity index (χ3n) is 4.29. The number of halogens is 3. The van der Waals surface area contributed by atoms with Crippen molar-refractivity contribution in [2.45, 2.75) is 26.0 Å². The Balaban J connectivity index is 1.67. The largest absolute Gasteiger partial charge is 0.390 e. The minimum absolute atomic E-state index is 0.158. The van der Waals surface area contributed by atoms with E-state index in [0.717, 1.165) is 16.8 Å². The normalized spacial score (nSPS) is 15.7. The van der Waals surface area contributed by atoms with Crippen LogP contribution in [0.15, 0.2) is 47.6 Å². The molecule has 0 radical (unpaired) electrons. The van der Waals surface area contributed by atoms with Gasteiger partial charge in [0.15, 0.2) is 6.10 Å². The Morgan fingerprint density at radius 2 is 2.04 bits per heavy atom. The zero-order chi connectivity index (χ0) is 20.1. The second kappa shape index (κ2) is 9.50. The maximum atomic E-state index is 12.5. The van der Waals surface area contributed by atoms with Crippen molar-refractivity contribution in [1.29, 1.82) is 0 Å². The molecule has 2 amide bonds. The van der Waals surface area contributed by atoms with Crippen molar-refractivity contribution in [2.75, 3.05) is 13.1 Å². The molecule has 0 saturated heterocycles.